The molecule has 6 nitrogen and oxygen atoms in total. The quantitative estimate of drug-likeness (QED) is 0.0355. The first-order valence-electron chi connectivity index (χ1n) is 21.3. The molecule has 1 aromatic rings. The van der Waals surface area contributed by atoms with Gasteiger partial charge in [0.2, 0.25) is 0 Å². The minimum atomic E-state index is -0.638. The van der Waals surface area contributed by atoms with Crippen molar-refractivity contribution in [2.45, 2.75) is 146 Å². The Morgan fingerprint density at radius 1 is 0.655 bits per heavy atom. The summed E-state index contributed by atoms with van der Waals surface area (Å²) in [5.41, 5.74) is 8.02. The molecule has 0 bridgehead atoms. The van der Waals surface area contributed by atoms with Gasteiger partial charge in [0, 0.05) is 0 Å². The van der Waals surface area contributed by atoms with E-state index in [4.69, 9.17) is 4.74 Å². The third kappa shape index (κ3) is 23.4. The second kappa shape index (κ2) is 29.4. The normalized spacial score (nSPS) is 15.7. The number of ether oxygens (including phenoxy) is 1. The van der Waals surface area contributed by atoms with Gasteiger partial charge in [-0.05, 0) is 96.4 Å². The molecule has 58 heavy (non-hydrogen) atoms. The SMILES string of the molecule is CC(=O)/C=C/C(C)=C/C=C/C(C)=C/C=C/C=C(C)/C=C/C=C(C)/C=C/C1=C(C)CCCC1(C)C.CCCCCCCCCCCCOC(=O)c1cc(O)c(O)c(O)c1. The van der Waals surface area contributed by atoms with Gasteiger partial charge in [-0.3, -0.25) is 4.79 Å². The maximum atomic E-state index is 11.8. The van der Waals surface area contributed by atoms with Gasteiger partial charge in [-0.25, -0.2) is 4.79 Å². The van der Waals surface area contributed by atoms with Gasteiger partial charge in [-0.15, -0.1) is 0 Å². The Labute approximate surface area is 351 Å². The minimum Gasteiger partial charge on any atom is -0.504 e. The Kier molecular flexibility index (Phi) is 25.9. The van der Waals surface area contributed by atoms with Gasteiger partial charge in [0.15, 0.2) is 23.0 Å². The first-order valence-corrected chi connectivity index (χ1v) is 21.3. The third-order valence-corrected chi connectivity index (χ3v) is 9.94. The van der Waals surface area contributed by atoms with E-state index in [2.05, 4.69) is 109 Å². The number of ketones is 1. The molecule has 0 aliphatic heterocycles. The van der Waals surface area contributed by atoms with E-state index in [9.17, 15) is 24.9 Å². The summed E-state index contributed by atoms with van der Waals surface area (Å²) >= 11 is 0. The molecule has 0 fully saturated rings. The van der Waals surface area contributed by atoms with E-state index in [-0.39, 0.29) is 16.8 Å². The van der Waals surface area contributed by atoms with Crippen molar-refractivity contribution in [1.29, 1.82) is 0 Å². The number of unbranched alkanes of at least 4 members (excludes halogenated alkanes) is 9. The summed E-state index contributed by atoms with van der Waals surface area (Å²) in [5.74, 6) is -2.27. The van der Waals surface area contributed by atoms with Crippen LogP contribution in [0.15, 0.2) is 131 Å². The van der Waals surface area contributed by atoms with E-state index in [1.165, 1.54) is 86.5 Å². The highest BCUT2D eigenvalue weighted by Gasteiger charge is 2.26. The average Bonchev–Trinajstić information content (AvgIpc) is 3.16. The molecule has 1 aromatic carbocycles. The van der Waals surface area contributed by atoms with Crippen molar-refractivity contribution in [3.05, 3.63) is 136 Å². The molecule has 0 atom stereocenters. The lowest BCUT2D eigenvalue weighted by molar-refractivity contribution is -0.112. The Balaban J connectivity index is 0.000000616. The Bertz CT molecular complexity index is 1730. The number of carbonyl (C=O) groups excluding carboxylic acids is 2. The van der Waals surface area contributed by atoms with Crippen LogP contribution in [-0.4, -0.2) is 33.7 Å². The molecule has 0 radical (unpaired) electrons. The van der Waals surface area contributed by atoms with E-state index in [1.54, 1.807) is 13.0 Å². The molecule has 318 valence electrons. The van der Waals surface area contributed by atoms with Crippen LogP contribution in [0.25, 0.3) is 0 Å². The van der Waals surface area contributed by atoms with Gasteiger partial charge in [0.1, 0.15) is 0 Å². The minimum absolute atomic E-state index is 0.0230. The number of aromatic hydroxyl groups is 3. The number of benzene rings is 1. The topological polar surface area (TPSA) is 104 Å². The van der Waals surface area contributed by atoms with Crippen molar-refractivity contribution < 1.29 is 29.6 Å². The summed E-state index contributed by atoms with van der Waals surface area (Å²) in [6.45, 7) is 19.4. The highest BCUT2D eigenvalue weighted by atomic mass is 16.5. The van der Waals surface area contributed by atoms with Crippen LogP contribution < -0.4 is 0 Å². The molecule has 0 saturated carbocycles. The van der Waals surface area contributed by atoms with Crippen LogP contribution in [0, 0.1) is 5.41 Å². The highest BCUT2D eigenvalue weighted by Crippen LogP contribution is 2.41. The van der Waals surface area contributed by atoms with Crippen molar-refractivity contribution in [3.8, 4) is 17.2 Å². The summed E-state index contributed by atoms with van der Waals surface area (Å²) in [7, 11) is 0. The molecule has 0 spiro atoms. The fourth-order valence-electron chi connectivity index (χ4n) is 6.37. The van der Waals surface area contributed by atoms with E-state index in [0.29, 0.717) is 6.61 Å². The van der Waals surface area contributed by atoms with Crippen molar-refractivity contribution in [3.63, 3.8) is 0 Å². The number of esters is 1. The third-order valence-electron chi connectivity index (χ3n) is 9.94. The largest absolute Gasteiger partial charge is 0.504 e. The lowest BCUT2D eigenvalue weighted by Crippen LogP contribution is -2.19. The molecular formula is C52H74O6. The average molecular weight is 795 g/mol. The van der Waals surface area contributed by atoms with Crippen molar-refractivity contribution in [1.82, 2.24) is 0 Å². The summed E-state index contributed by atoms with van der Waals surface area (Å²) in [6, 6.07) is 2.16. The summed E-state index contributed by atoms with van der Waals surface area (Å²) < 4.78 is 5.11. The molecular weight excluding hydrogens is 721 g/mol. The molecule has 0 amide bonds. The number of allylic oxidation sites excluding steroid dienone is 20. The van der Waals surface area contributed by atoms with Crippen LogP contribution in [0.2, 0.25) is 0 Å². The molecule has 0 unspecified atom stereocenters. The van der Waals surface area contributed by atoms with E-state index in [1.807, 2.05) is 25.2 Å². The van der Waals surface area contributed by atoms with Gasteiger partial charge < -0.3 is 20.1 Å². The summed E-state index contributed by atoms with van der Waals surface area (Å²) in [5, 5.41) is 28.0. The lowest BCUT2D eigenvalue weighted by atomic mass is 9.72. The van der Waals surface area contributed by atoms with Crippen LogP contribution in [-0.2, 0) is 9.53 Å². The predicted molar refractivity (Wildman–Crippen MR) is 245 cm³/mol. The Morgan fingerprint density at radius 3 is 1.62 bits per heavy atom. The second-order valence-electron chi connectivity index (χ2n) is 16.1. The van der Waals surface area contributed by atoms with Gasteiger partial charge in [-0.2, -0.15) is 0 Å². The number of carbonyl (C=O) groups is 2. The molecule has 0 aromatic heterocycles. The highest BCUT2D eigenvalue weighted by molar-refractivity contribution is 5.91. The number of hydrogen-bond donors (Lipinski definition) is 3. The molecule has 0 heterocycles. The summed E-state index contributed by atoms with van der Waals surface area (Å²) in [6.07, 6.45) is 44.6. The number of rotatable bonds is 22. The van der Waals surface area contributed by atoms with Gasteiger partial charge in [0.05, 0.1) is 12.2 Å². The zero-order valence-electron chi connectivity index (χ0n) is 37.2. The first-order chi connectivity index (χ1) is 27.6. The number of phenols is 3. The van der Waals surface area contributed by atoms with Crippen molar-refractivity contribution >= 4 is 11.8 Å². The molecule has 1 aliphatic carbocycles. The maximum Gasteiger partial charge on any atom is 0.338 e. The van der Waals surface area contributed by atoms with Crippen LogP contribution >= 0.6 is 0 Å². The molecule has 0 saturated heterocycles. The zero-order chi connectivity index (χ0) is 43.3. The second-order valence-corrected chi connectivity index (χ2v) is 16.1. The van der Waals surface area contributed by atoms with Crippen LogP contribution in [0.4, 0.5) is 0 Å². The zero-order valence-corrected chi connectivity index (χ0v) is 37.2. The molecule has 2 rings (SSSR count). The number of phenolic OH excluding ortho intramolecular Hbond substituents is 3. The fourth-order valence-corrected chi connectivity index (χ4v) is 6.37. The Hall–Kier alpha value is -4.84. The predicted octanol–water partition coefficient (Wildman–Crippen LogP) is 14.5. The lowest BCUT2D eigenvalue weighted by Gasteiger charge is -2.32. The van der Waals surface area contributed by atoms with Crippen LogP contribution in [0.3, 0.4) is 0 Å². The number of hydrogen-bond acceptors (Lipinski definition) is 6. The fraction of sp³-hybridized carbons (Fsp3) is 0.462. The molecule has 1 aliphatic rings. The van der Waals surface area contributed by atoms with E-state index < -0.39 is 23.2 Å². The van der Waals surface area contributed by atoms with Gasteiger partial charge in [0.25, 0.3) is 0 Å². The molecule has 6 heteroatoms. The standard InChI is InChI=1S/C33H44O.C19H30O5/c1-26(16-11-18-28(3)21-23-31(6)34)14-9-10-15-27(2)17-12-19-29(4)22-24-32-30(5)20-13-25-33(32,7)8;1-2-3-4-5-6-7-8-9-10-11-12-24-19(23)15-13-16(20)18(22)17(21)14-15/h9-12,14-19,21-24H,13,20,25H2,1-8H3;13-14,20-22H,2-12H2,1H3/b10-9+,16-11+,17-12+,23-21+,24-22+,26-14+,27-15+,28-18+,29-19+;. The maximum absolute atomic E-state index is 11.8. The van der Waals surface area contributed by atoms with Gasteiger partial charge >= 0.3 is 5.97 Å². The van der Waals surface area contributed by atoms with Crippen LogP contribution in [0.1, 0.15) is 156 Å². The monoisotopic (exact) mass is 795 g/mol. The summed E-state index contributed by atoms with van der Waals surface area (Å²) in [4.78, 5) is 22.8. The van der Waals surface area contributed by atoms with Gasteiger partial charge in [-0.1, -0.05) is 185 Å². The van der Waals surface area contributed by atoms with Crippen molar-refractivity contribution in [2.24, 2.45) is 5.41 Å². The van der Waals surface area contributed by atoms with E-state index >= 15 is 0 Å². The van der Waals surface area contributed by atoms with Crippen LogP contribution in [0.5, 0.6) is 17.2 Å². The smallest absolute Gasteiger partial charge is 0.338 e. The first kappa shape index (κ1) is 51.2. The molecule has 3 N–H and O–H groups in total. The van der Waals surface area contributed by atoms with E-state index in [0.717, 1.165) is 42.5 Å². The van der Waals surface area contributed by atoms with Crippen molar-refractivity contribution in [2.75, 3.05) is 6.61 Å². The Morgan fingerprint density at radius 2 is 1.12 bits per heavy atom.